The zero-order valence-corrected chi connectivity index (χ0v) is 13.8. The van der Waals surface area contributed by atoms with E-state index < -0.39 is 0 Å². The quantitative estimate of drug-likeness (QED) is 0.777. The van der Waals surface area contributed by atoms with Crippen molar-refractivity contribution >= 4 is 28.1 Å². The number of nitrogens with zero attached hydrogens (tertiary/aromatic N) is 1. The van der Waals surface area contributed by atoms with Gasteiger partial charge in [-0.25, -0.2) is 0 Å². The number of likely N-dealkylation sites (N-methyl/N-ethyl adjacent to an activating group) is 1. The van der Waals surface area contributed by atoms with E-state index in [1.54, 1.807) is 0 Å². The van der Waals surface area contributed by atoms with Crippen molar-refractivity contribution in [2.24, 2.45) is 0 Å². The van der Waals surface area contributed by atoms with E-state index in [2.05, 4.69) is 44.9 Å². The minimum atomic E-state index is 0.0908. The Kier molecular flexibility index (Phi) is 3.32. The number of anilines is 1. The summed E-state index contributed by atoms with van der Waals surface area (Å²) in [6, 6.07) is 8.26. The fourth-order valence-corrected chi connectivity index (χ4v) is 3.52. The number of hydrogen-bond acceptors (Lipinski definition) is 2. The summed E-state index contributed by atoms with van der Waals surface area (Å²) in [4.78, 5) is 2.19. The molecule has 1 N–H and O–H groups in total. The van der Waals surface area contributed by atoms with Crippen molar-refractivity contribution in [3.8, 4) is 5.75 Å². The number of aromatic hydroxyl groups is 1. The van der Waals surface area contributed by atoms with Gasteiger partial charge in [0.15, 0.2) is 0 Å². The van der Waals surface area contributed by atoms with Gasteiger partial charge in [0, 0.05) is 42.5 Å². The van der Waals surface area contributed by atoms with Gasteiger partial charge in [-0.15, -0.1) is 11.6 Å². The second-order valence-electron chi connectivity index (χ2n) is 7.07. The van der Waals surface area contributed by atoms with Crippen LogP contribution in [0.25, 0.3) is 10.8 Å². The Bertz CT molecular complexity index is 702. The highest BCUT2D eigenvalue weighted by molar-refractivity contribution is 6.18. The molecule has 0 spiro atoms. The summed E-state index contributed by atoms with van der Waals surface area (Å²) in [5.41, 5.74) is 3.77. The first-order valence-electron chi connectivity index (χ1n) is 7.40. The summed E-state index contributed by atoms with van der Waals surface area (Å²) in [6.07, 6.45) is 0. The molecule has 3 rings (SSSR count). The third-order valence-corrected chi connectivity index (χ3v) is 4.87. The molecular formula is C18H22ClNO. The molecule has 1 heterocycles. The van der Waals surface area contributed by atoms with Crippen molar-refractivity contribution in [1.29, 1.82) is 0 Å². The largest absolute Gasteiger partial charge is 0.507 e. The van der Waals surface area contributed by atoms with Crippen molar-refractivity contribution in [2.75, 3.05) is 24.4 Å². The summed E-state index contributed by atoms with van der Waals surface area (Å²) < 4.78 is 0. The van der Waals surface area contributed by atoms with Crippen LogP contribution in [0.1, 0.15) is 37.8 Å². The highest BCUT2D eigenvalue weighted by atomic mass is 35.5. The molecule has 21 heavy (non-hydrogen) atoms. The highest BCUT2D eigenvalue weighted by Gasteiger charge is 2.29. The average molecular weight is 304 g/mol. The molecule has 0 aromatic heterocycles. The van der Waals surface area contributed by atoms with Gasteiger partial charge in [-0.1, -0.05) is 39.0 Å². The van der Waals surface area contributed by atoms with E-state index in [9.17, 15) is 5.11 Å². The molecule has 3 heteroatoms. The fraction of sp³-hybridized carbons (Fsp3) is 0.444. The van der Waals surface area contributed by atoms with Gasteiger partial charge in [0.25, 0.3) is 0 Å². The van der Waals surface area contributed by atoms with Gasteiger partial charge in [0.1, 0.15) is 5.75 Å². The van der Waals surface area contributed by atoms with E-state index in [-0.39, 0.29) is 5.41 Å². The number of rotatable bonds is 1. The van der Waals surface area contributed by atoms with Gasteiger partial charge in [-0.3, -0.25) is 0 Å². The van der Waals surface area contributed by atoms with Crippen LogP contribution in [0.15, 0.2) is 24.3 Å². The predicted octanol–water partition coefficient (Wildman–Crippen LogP) is 4.62. The van der Waals surface area contributed by atoms with Crippen molar-refractivity contribution in [3.63, 3.8) is 0 Å². The number of alkyl halides is 1. The maximum atomic E-state index is 10.3. The smallest absolute Gasteiger partial charge is 0.125 e. The fourth-order valence-electron chi connectivity index (χ4n) is 3.27. The van der Waals surface area contributed by atoms with Crippen molar-refractivity contribution in [1.82, 2.24) is 0 Å². The monoisotopic (exact) mass is 303 g/mol. The Balaban J connectivity index is 2.34. The maximum Gasteiger partial charge on any atom is 0.125 e. The van der Waals surface area contributed by atoms with Gasteiger partial charge in [-0.05, 0) is 21.9 Å². The van der Waals surface area contributed by atoms with Crippen molar-refractivity contribution in [3.05, 3.63) is 35.4 Å². The number of benzene rings is 2. The molecule has 1 atom stereocenters. The molecule has 0 radical (unpaired) electrons. The summed E-state index contributed by atoms with van der Waals surface area (Å²) in [5.74, 6) is 1.29. The molecule has 2 nitrogen and oxygen atoms in total. The normalized spacial score (nSPS) is 18.3. The van der Waals surface area contributed by atoms with Gasteiger partial charge in [0.2, 0.25) is 0 Å². The predicted molar refractivity (Wildman–Crippen MR) is 91.0 cm³/mol. The second-order valence-corrected chi connectivity index (χ2v) is 7.38. The number of phenolic OH excluding ortho intramolecular Hbond substituents is 1. The molecular weight excluding hydrogens is 282 g/mol. The van der Waals surface area contributed by atoms with Gasteiger partial charge < -0.3 is 10.0 Å². The average Bonchev–Trinajstić information content (AvgIpc) is 2.74. The molecule has 0 aliphatic carbocycles. The van der Waals surface area contributed by atoms with Gasteiger partial charge in [0.05, 0.1) is 0 Å². The Morgan fingerprint density at radius 2 is 1.95 bits per heavy atom. The van der Waals surface area contributed by atoms with E-state index in [0.717, 1.165) is 23.0 Å². The highest BCUT2D eigenvalue weighted by Crippen LogP contribution is 2.45. The van der Waals surface area contributed by atoms with E-state index in [1.807, 2.05) is 12.1 Å². The molecule has 0 saturated carbocycles. The van der Waals surface area contributed by atoms with Crippen LogP contribution in [-0.4, -0.2) is 24.6 Å². The van der Waals surface area contributed by atoms with E-state index in [1.165, 1.54) is 11.1 Å². The first-order chi connectivity index (χ1) is 9.82. The topological polar surface area (TPSA) is 23.5 Å². The summed E-state index contributed by atoms with van der Waals surface area (Å²) in [5, 5.41) is 12.4. The van der Waals surface area contributed by atoms with Crippen LogP contribution < -0.4 is 4.90 Å². The maximum absolute atomic E-state index is 10.3. The van der Waals surface area contributed by atoms with E-state index >= 15 is 0 Å². The number of phenols is 1. The van der Waals surface area contributed by atoms with Gasteiger partial charge >= 0.3 is 0 Å². The first kappa shape index (κ1) is 14.5. The molecule has 0 fully saturated rings. The van der Waals surface area contributed by atoms with E-state index in [0.29, 0.717) is 17.5 Å². The van der Waals surface area contributed by atoms with Crippen LogP contribution in [0, 0.1) is 0 Å². The SMILES string of the molecule is CN1CC(CCl)c2c1cc(O)c1ccc(C(C)(C)C)cc21. The van der Waals surface area contributed by atoms with Crippen LogP contribution >= 0.6 is 11.6 Å². The van der Waals surface area contributed by atoms with Crippen LogP contribution in [0.5, 0.6) is 5.75 Å². The van der Waals surface area contributed by atoms with Crippen LogP contribution in [0.4, 0.5) is 5.69 Å². The number of fused-ring (bicyclic) bond motifs is 3. The standard InChI is InChI=1S/C18H22ClNO/c1-18(2,3)12-5-6-13-14(7-12)17-11(9-19)10-20(4)15(17)8-16(13)21/h5-8,11,21H,9-10H2,1-4H3. The number of halogens is 1. The minimum Gasteiger partial charge on any atom is -0.507 e. The third kappa shape index (κ3) is 2.26. The Morgan fingerprint density at radius 1 is 1.24 bits per heavy atom. The molecule has 1 unspecified atom stereocenters. The van der Waals surface area contributed by atoms with Crippen molar-refractivity contribution < 1.29 is 5.11 Å². The first-order valence-corrected chi connectivity index (χ1v) is 7.93. The second kappa shape index (κ2) is 4.81. The Labute approximate surface area is 131 Å². The molecule has 0 amide bonds. The molecule has 2 aromatic rings. The van der Waals surface area contributed by atoms with Gasteiger partial charge in [-0.2, -0.15) is 0 Å². The van der Waals surface area contributed by atoms with E-state index in [4.69, 9.17) is 11.6 Å². The third-order valence-electron chi connectivity index (χ3n) is 4.50. The summed E-state index contributed by atoms with van der Waals surface area (Å²) in [7, 11) is 2.06. The summed E-state index contributed by atoms with van der Waals surface area (Å²) in [6.45, 7) is 7.55. The van der Waals surface area contributed by atoms with Crippen molar-refractivity contribution in [2.45, 2.75) is 32.1 Å². The lowest BCUT2D eigenvalue weighted by Crippen LogP contribution is -2.15. The van der Waals surface area contributed by atoms with Crippen LogP contribution in [-0.2, 0) is 5.41 Å². The lowest BCUT2D eigenvalue weighted by Gasteiger charge is -2.21. The Hall–Kier alpha value is -1.41. The number of hydrogen-bond donors (Lipinski definition) is 1. The molecule has 2 aromatic carbocycles. The molecule has 1 aliphatic heterocycles. The van der Waals surface area contributed by atoms with Crippen LogP contribution in [0.3, 0.4) is 0 Å². The zero-order valence-electron chi connectivity index (χ0n) is 13.1. The zero-order chi connectivity index (χ0) is 15.4. The Morgan fingerprint density at radius 3 is 2.57 bits per heavy atom. The summed E-state index contributed by atoms with van der Waals surface area (Å²) >= 11 is 6.18. The molecule has 0 bridgehead atoms. The molecule has 0 saturated heterocycles. The minimum absolute atomic E-state index is 0.0908. The molecule has 112 valence electrons. The molecule has 1 aliphatic rings. The lowest BCUT2D eigenvalue weighted by atomic mass is 9.84. The lowest BCUT2D eigenvalue weighted by molar-refractivity contribution is 0.481. The van der Waals surface area contributed by atoms with Crippen LogP contribution in [0.2, 0.25) is 0 Å².